The molecule has 4 rings (SSSR count). The first-order valence-corrected chi connectivity index (χ1v) is 8.79. The Hall–Kier alpha value is -1.46. The van der Waals surface area contributed by atoms with Crippen LogP contribution in [-0.4, -0.2) is 54.7 Å². The van der Waals surface area contributed by atoms with Gasteiger partial charge in [0, 0.05) is 25.3 Å². The topological polar surface area (TPSA) is 45.7 Å². The molecule has 1 aromatic heterocycles. The molecular weight excluding hydrogens is 290 g/mol. The molecule has 2 atom stereocenters. The van der Waals surface area contributed by atoms with E-state index < -0.39 is 0 Å². The van der Waals surface area contributed by atoms with Crippen LogP contribution in [0, 0.1) is 18.8 Å². The van der Waals surface area contributed by atoms with E-state index in [1.165, 1.54) is 19.4 Å². The standard InChI is InChI=1S/C18H25N3O2/c1-13-2-5-15(10-19-13)21-8-9-23-17-12-20(11-14-3-4-14)7-6-16(17)18(21)22/h2,5,10,14,16-17H,3-4,6-9,11-12H2,1H3/t16-,17+/m0/s1. The average Bonchev–Trinajstić information content (AvgIpc) is 3.37. The maximum atomic E-state index is 13.0. The van der Waals surface area contributed by atoms with E-state index in [0.717, 1.165) is 36.8 Å². The zero-order chi connectivity index (χ0) is 15.8. The molecule has 3 heterocycles. The van der Waals surface area contributed by atoms with Gasteiger partial charge in [0.05, 0.1) is 30.5 Å². The summed E-state index contributed by atoms with van der Waals surface area (Å²) in [6.07, 6.45) is 5.51. The van der Waals surface area contributed by atoms with Crippen molar-refractivity contribution in [3.8, 4) is 0 Å². The number of carbonyl (C=O) groups excluding carboxylic acids is 1. The molecular formula is C18H25N3O2. The number of amides is 1. The van der Waals surface area contributed by atoms with Crippen molar-refractivity contribution in [3.05, 3.63) is 24.0 Å². The Kier molecular flexibility index (Phi) is 4.07. The predicted octanol–water partition coefficient (Wildman–Crippen LogP) is 1.85. The van der Waals surface area contributed by atoms with Crippen LogP contribution in [-0.2, 0) is 9.53 Å². The molecule has 5 heteroatoms. The summed E-state index contributed by atoms with van der Waals surface area (Å²) < 4.78 is 6.06. The van der Waals surface area contributed by atoms with Crippen molar-refractivity contribution in [2.24, 2.45) is 11.8 Å². The lowest BCUT2D eigenvalue weighted by Gasteiger charge is -2.37. The number of ether oxygens (including phenoxy) is 1. The highest BCUT2D eigenvalue weighted by Crippen LogP contribution is 2.33. The molecule has 0 aromatic carbocycles. The van der Waals surface area contributed by atoms with E-state index >= 15 is 0 Å². The monoisotopic (exact) mass is 315 g/mol. The highest BCUT2D eigenvalue weighted by molar-refractivity contribution is 5.95. The van der Waals surface area contributed by atoms with Gasteiger partial charge in [-0.2, -0.15) is 0 Å². The number of anilines is 1. The van der Waals surface area contributed by atoms with E-state index in [1.807, 2.05) is 24.0 Å². The maximum Gasteiger partial charge on any atom is 0.232 e. The summed E-state index contributed by atoms with van der Waals surface area (Å²) >= 11 is 0. The first-order chi connectivity index (χ1) is 11.2. The molecule has 124 valence electrons. The molecule has 3 fully saturated rings. The Morgan fingerprint density at radius 1 is 1.26 bits per heavy atom. The second-order valence-electron chi connectivity index (χ2n) is 7.16. The third-order valence-electron chi connectivity index (χ3n) is 5.29. The van der Waals surface area contributed by atoms with Gasteiger partial charge in [-0.3, -0.25) is 9.78 Å². The highest BCUT2D eigenvalue weighted by Gasteiger charge is 2.40. The van der Waals surface area contributed by atoms with Crippen LogP contribution >= 0.6 is 0 Å². The van der Waals surface area contributed by atoms with Crippen molar-refractivity contribution in [1.29, 1.82) is 0 Å². The molecule has 1 aromatic rings. The first-order valence-electron chi connectivity index (χ1n) is 8.79. The van der Waals surface area contributed by atoms with Gasteiger partial charge in [0.2, 0.25) is 5.91 Å². The van der Waals surface area contributed by atoms with Crippen molar-refractivity contribution in [3.63, 3.8) is 0 Å². The number of rotatable bonds is 3. The van der Waals surface area contributed by atoms with Gasteiger partial charge < -0.3 is 14.5 Å². The van der Waals surface area contributed by atoms with Gasteiger partial charge in [-0.05, 0) is 50.8 Å². The summed E-state index contributed by atoms with van der Waals surface area (Å²) in [7, 11) is 0. The van der Waals surface area contributed by atoms with Crippen molar-refractivity contribution in [1.82, 2.24) is 9.88 Å². The van der Waals surface area contributed by atoms with Crippen molar-refractivity contribution >= 4 is 11.6 Å². The second kappa shape index (κ2) is 6.21. The van der Waals surface area contributed by atoms with E-state index in [9.17, 15) is 4.79 Å². The van der Waals surface area contributed by atoms with Crippen molar-refractivity contribution in [2.45, 2.75) is 32.3 Å². The van der Waals surface area contributed by atoms with E-state index in [0.29, 0.717) is 13.2 Å². The van der Waals surface area contributed by atoms with Crippen molar-refractivity contribution in [2.75, 3.05) is 37.7 Å². The van der Waals surface area contributed by atoms with Crippen LogP contribution in [0.4, 0.5) is 5.69 Å². The Bertz CT molecular complexity index is 570. The molecule has 0 N–H and O–H groups in total. The number of nitrogens with zero attached hydrogens (tertiary/aromatic N) is 3. The summed E-state index contributed by atoms with van der Waals surface area (Å²) in [5.41, 5.74) is 1.86. The lowest BCUT2D eigenvalue weighted by atomic mass is 9.92. The zero-order valence-corrected chi connectivity index (χ0v) is 13.8. The summed E-state index contributed by atoms with van der Waals surface area (Å²) in [5.74, 6) is 1.10. The number of carbonyl (C=O) groups is 1. The number of aryl methyl sites for hydroxylation is 1. The van der Waals surface area contributed by atoms with Crippen molar-refractivity contribution < 1.29 is 9.53 Å². The van der Waals surface area contributed by atoms with Gasteiger partial charge in [0.1, 0.15) is 0 Å². The SMILES string of the molecule is Cc1ccc(N2CCO[C@@H]3CN(CC4CC4)CC[C@@H]3C2=O)cn1. The summed E-state index contributed by atoms with van der Waals surface area (Å²) in [5, 5.41) is 0. The normalized spacial score (nSPS) is 29.3. The molecule has 2 saturated heterocycles. The van der Waals surface area contributed by atoms with E-state index in [-0.39, 0.29) is 17.9 Å². The number of fused-ring (bicyclic) bond motifs is 1. The first kappa shape index (κ1) is 15.1. The summed E-state index contributed by atoms with van der Waals surface area (Å²) in [4.78, 5) is 21.7. The van der Waals surface area contributed by atoms with Gasteiger partial charge in [0.25, 0.3) is 0 Å². The fraction of sp³-hybridized carbons (Fsp3) is 0.667. The quantitative estimate of drug-likeness (QED) is 0.854. The van der Waals surface area contributed by atoms with Gasteiger partial charge >= 0.3 is 0 Å². The Morgan fingerprint density at radius 2 is 2.13 bits per heavy atom. The van der Waals surface area contributed by atoms with Crippen LogP contribution < -0.4 is 4.90 Å². The third-order valence-corrected chi connectivity index (χ3v) is 5.29. The van der Waals surface area contributed by atoms with E-state index in [1.54, 1.807) is 6.20 Å². The molecule has 0 bridgehead atoms. The Balaban J connectivity index is 1.47. The fourth-order valence-electron chi connectivity index (χ4n) is 3.75. The largest absolute Gasteiger partial charge is 0.374 e. The minimum absolute atomic E-state index is 0.00532. The van der Waals surface area contributed by atoms with Crippen LogP contribution in [0.15, 0.2) is 18.3 Å². The molecule has 1 aliphatic carbocycles. The van der Waals surface area contributed by atoms with Crippen LogP contribution in [0.25, 0.3) is 0 Å². The molecule has 0 radical (unpaired) electrons. The number of pyridine rings is 1. The molecule has 0 spiro atoms. The number of likely N-dealkylation sites (tertiary alicyclic amines) is 1. The average molecular weight is 315 g/mol. The molecule has 5 nitrogen and oxygen atoms in total. The van der Waals surface area contributed by atoms with E-state index in [2.05, 4.69) is 9.88 Å². The predicted molar refractivity (Wildman–Crippen MR) is 88.3 cm³/mol. The highest BCUT2D eigenvalue weighted by atomic mass is 16.5. The Morgan fingerprint density at radius 3 is 2.87 bits per heavy atom. The molecule has 3 aliphatic rings. The minimum atomic E-state index is -0.00532. The van der Waals surface area contributed by atoms with Gasteiger partial charge in [-0.15, -0.1) is 0 Å². The number of hydrogen-bond donors (Lipinski definition) is 0. The van der Waals surface area contributed by atoms with Gasteiger partial charge in [-0.1, -0.05) is 0 Å². The van der Waals surface area contributed by atoms with E-state index in [4.69, 9.17) is 4.74 Å². The maximum absolute atomic E-state index is 13.0. The molecule has 23 heavy (non-hydrogen) atoms. The van der Waals surface area contributed by atoms with Gasteiger partial charge in [-0.25, -0.2) is 0 Å². The van der Waals surface area contributed by atoms with Gasteiger partial charge in [0.15, 0.2) is 0 Å². The molecule has 1 saturated carbocycles. The lowest BCUT2D eigenvalue weighted by molar-refractivity contribution is -0.128. The molecule has 2 aliphatic heterocycles. The minimum Gasteiger partial charge on any atom is -0.374 e. The smallest absolute Gasteiger partial charge is 0.232 e. The van der Waals surface area contributed by atoms with Crippen LogP contribution in [0.2, 0.25) is 0 Å². The van der Waals surface area contributed by atoms with Crippen LogP contribution in [0.1, 0.15) is 25.0 Å². The molecule has 1 amide bonds. The number of aromatic nitrogens is 1. The third kappa shape index (κ3) is 3.26. The fourth-order valence-corrected chi connectivity index (χ4v) is 3.75. The summed E-state index contributed by atoms with van der Waals surface area (Å²) in [6, 6.07) is 3.95. The Labute approximate surface area is 137 Å². The van der Waals surface area contributed by atoms with Crippen LogP contribution in [0.3, 0.4) is 0 Å². The lowest BCUT2D eigenvalue weighted by Crippen LogP contribution is -2.49. The number of piperidine rings is 1. The second-order valence-corrected chi connectivity index (χ2v) is 7.16. The number of hydrogen-bond acceptors (Lipinski definition) is 4. The van der Waals surface area contributed by atoms with Crippen LogP contribution in [0.5, 0.6) is 0 Å². The molecule has 0 unspecified atom stereocenters. The zero-order valence-electron chi connectivity index (χ0n) is 13.8. The summed E-state index contributed by atoms with van der Waals surface area (Å²) in [6.45, 7) is 6.31.